The number of benzene rings is 1. The maximum absolute atomic E-state index is 12.0. The summed E-state index contributed by atoms with van der Waals surface area (Å²) in [6.07, 6.45) is 1.69. The number of hydrogen-bond donors (Lipinski definition) is 2. The molecule has 0 bridgehead atoms. The van der Waals surface area contributed by atoms with E-state index in [0.29, 0.717) is 6.42 Å². The lowest BCUT2D eigenvalue weighted by Gasteiger charge is -2.13. The predicted molar refractivity (Wildman–Crippen MR) is 77.9 cm³/mol. The molecule has 0 spiro atoms. The van der Waals surface area contributed by atoms with Gasteiger partial charge in [0.25, 0.3) is 5.91 Å². The Balaban J connectivity index is 2.74. The molecule has 0 aliphatic heterocycles. The number of rotatable bonds is 7. The molecule has 6 nitrogen and oxygen atoms in total. The number of sulfone groups is 1. The first-order valence-corrected chi connectivity index (χ1v) is 8.43. The summed E-state index contributed by atoms with van der Waals surface area (Å²) in [5, 5.41) is 11.4. The largest absolute Gasteiger partial charge is 0.481 e. The summed E-state index contributed by atoms with van der Waals surface area (Å²) in [5.74, 6) is -1.47. The molecule has 0 aliphatic carbocycles. The first-order valence-electron chi connectivity index (χ1n) is 6.54. The molecule has 0 saturated heterocycles. The zero-order chi connectivity index (χ0) is 16.0. The van der Waals surface area contributed by atoms with Gasteiger partial charge >= 0.3 is 5.97 Å². The molecule has 0 aliphatic rings. The molecule has 1 rings (SSSR count). The van der Waals surface area contributed by atoms with Crippen molar-refractivity contribution < 1.29 is 23.1 Å². The number of carbonyl (C=O) groups excluding carboxylic acids is 1. The standard InChI is InChI=1S/C14H19NO5S/c1-3-10(7-13(16)17)9-15-14(18)11-5-4-6-12(8-11)21(2,19)20/h4-6,8,10H,3,7,9H2,1-2H3,(H,15,18)(H,16,17). The van der Waals surface area contributed by atoms with E-state index in [0.717, 1.165) is 6.26 Å². The minimum Gasteiger partial charge on any atom is -0.481 e. The van der Waals surface area contributed by atoms with Crippen molar-refractivity contribution in [3.8, 4) is 0 Å². The maximum atomic E-state index is 12.0. The molecule has 1 aromatic carbocycles. The second-order valence-corrected chi connectivity index (χ2v) is 6.90. The highest BCUT2D eigenvalue weighted by molar-refractivity contribution is 7.90. The van der Waals surface area contributed by atoms with Gasteiger partial charge in [-0.05, 0) is 24.1 Å². The Bertz CT molecular complexity index is 624. The van der Waals surface area contributed by atoms with Crippen molar-refractivity contribution in [1.29, 1.82) is 0 Å². The molecule has 1 aromatic rings. The molecule has 1 amide bonds. The highest BCUT2D eigenvalue weighted by Crippen LogP contribution is 2.12. The van der Waals surface area contributed by atoms with Crippen molar-refractivity contribution in [2.24, 2.45) is 5.92 Å². The van der Waals surface area contributed by atoms with Crippen molar-refractivity contribution in [3.63, 3.8) is 0 Å². The van der Waals surface area contributed by atoms with E-state index in [2.05, 4.69) is 5.32 Å². The number of amides is 1. The normalized spacial score (nSPS) is 12.7. The van der Waals surface area contributed by atoms with Crippen LogP contribution in [0, 0.1) is 5.92 Å². The summed E-state index contributed by atoms with van der Waals surface area (Å²) in [5.41, 5.74) is 0.239. The first kappa shape index (κ1) is 17.2. The fourth-order valence-corrected chi connectivity index (χ4v) is 2.48. The summed E-state index contributed by atoms with van der Waals surface area (Å²) < 4.78 is 22.9. The summed E-state index contributed by atoms with van der Waals surface area (Å²) in [4.78, 5) is 22.7. The van der Waals surface area contributed by atoms with Crippen LogP contribution in [0.5, 0.6) is 0 Å². The summed E-state index contributed by atoms with van der Waals surface area (Å²) in [6, 6.07) is 5.75. The summed E-state index contributed by atoms with van der Waals surface area (Å²) >= 11 is 0. The van der Waals surface area contributed by atoms with E-state index in [4.69, 9.17) is 5.11 Å². The third-order valence-corrected chi connectivity index (χ3v) is 4.23. The SMILES string of the molecule is CCC(CNC(=O)c1cccc(S(C)(=O)=O)c1)CC(=O)O. The van der Waals surface area contributed by atoms with Gasteiger partial charge in [-0.1, -0.05) is 19.4 Å². The Morgan fingerprint density at radius 3 is 2.52 bits per heavy atom. The third-order valence-electron chi connectivity index (χ3n) is 3.12. The fourth-order valence-electron chi connectivity index (χ4n) is 1.81. The van der Waals surface area contributed by atoms with Crippen molar-refractivity contribution >= 4 is 21.7 Å². The molecule has 0 saturated carbocycles. The maximum Gasteiger partial charge on any atom is 0.303 e. The minimum atomic E-state index is -3.37. The van der Waals surface area contributed by atoms with E-state index in [-0.39, 0.29) is 29.3 Å². The molecule has 0 aromatic heterocycles. The number of carboxylic acid groups (broad SMARTS) is 1. The van der Waals surface area contributed by atoms with Crippen molar-refractivity contribution in [3.05, 3.63) is 29.8 Å². The monoisotopic (exact) mass is 313 g/mol. The van der Waals surface area contributed by atoms with Gasteiger partial charge in [-0.2, -0.15) is 0 Å². The number of carbonyl (C=O) groups is 2. The van der Waals surface area contributed by atoms with Gasteiger partial charge in [0, 0.05) is 24.8 Å². The number of hydrogen-bond acceptors (Lipinski definition) is 4. The van der Waals surface area contributed by atoms with Crippen LogP contribution in [0.25, 0.3) is 0 Å². The van der Waals surface area contributed by atoms with Gasteiger partial charge in [-0.25, -0.2) is 8.42 Å². The lowest BCUT2D eigenvalue weighted by atomic mass is 10.0. The van der Waals surface area contributed by atoms with E-state index in [1.165, 1.54) is 24.3 Å². The van der Waals surface area contributed by atoms with Crippen molar-refractivity contribution in [1.82, 2.24) is 5.32 Å². The Hall–Kier alpha value is -1.89. The molecule has 1 atom stereocenters. The van der Waals surface area contributed by atoms with Gasteiger partial charge < -0.3 is 10.4 Å². The highest BCUT2D eigenvalue weighted by Gasteiger charge is 2.15. The summed E-state index contributed by atoms with van der Waals surface area (Å²) in [6.45, 7) is 2.09. The smallest absolute Gasteiger partial charge is 0.303 e. The first-order chi connectivity index (χ1) is 9.74. The quantitative estimate of drug-likeness (QED) is 0.790. The third kappa shape index (κ3) is 5.55. The molecule has 2 N–H and O–H groups in total. The number of aliphatic carboxylic acids is 1. The van der Waals surface area contributed by atoms with Crippen molar-refractivity contribution in [2.45, 2.75) is 24.7 Å². The molecule has 7 heteroatoms. The van der Waals surface area contributed by atoms with Crippen molar-refractivity contribution in [2.75, 3.05) is 12.8 Å². The molecule has 1 unspecified atom stereocenters. The van der Waals surface area contributed by atoms with Gasteiger partial charge in [0.1, 0.15) is 0 Å². The zero-order valence-corrected chi connectivity index (χ0v) is 12.8. The average Bonchev–Trinajstić information content (AvgIpc) is 2.41. The molecule has 21 heavy (non-hydrogen) atoms. The second kappa shape index (κ2) is 7.21. The van der Waals surface area contributed by atoms with Gasteiger partial charge in [-0.15, -0.1) is 0 Å². The number of nitrogens with one attached hydrogen (secondary N) is 1. The topological polar surface area (TPSA) is 101 Å². The van der Waals surface area contributed by atoms with E-state index < -0.39 is 21.7 Å². The lowest BCUT2D eigenvalue weighted by Crippen LogP contribution is -2.30. The van der Waals surface area contributed by atoms with E-state index in [9.17, 15) is 18.0 Å². The highest BCUT2D eigenvalue weighted by atomic mass is 32.2. The second-order valence-electron chi connectivity index (χ2n) is 4.88. The van der Waals surface area contributed by atoms with Crippen LogP contribution in [-0.2, 0) is 14.6 Å². The Morgan fingerprint density at radius 2 is 2.00 bits per heavy atom. The zero-order valence-electron chi connectivity index (χ0n) is 12.0. The number of carboxylic acids is 1. The van der Waals surface area contributed by atoms with E-state index >= 15 is 0 Å². The van der Waals surface area contributed by atoms with Crippen LogP contribution in [0.2, 0.25) is 0 Å². The van der Waals surface area contributed by atoms with Crippen LogP contribution < -0.4 is 5.32 Å². The van der Waals surface area contributed by atoms with Crippen LogP contribution in [0.1, 0.15) is 30.1 Å². The Labute approximate surface area is 124 Å². The minimum absolute atomic E-state index is 0.0137. The van der Waals surface area contributed by atoms with Gasteiger partial charge in [0.2, 0.25) is 0 Å². The van der Waals surface area contributed by atoms with E-state index in [1.807, 2.05) is 6.92 Å². The van der Waals surface area contributed by atoms with Gasteiger partial charge in [0.15, 0.2) is 9.84 Å². The molecular weight excluding hydrogens is 294 g/mol. The molecule has 0 fully saturated rings. The molecule has 0 radical (unpaired) electrons. The molecule has 116 valence electrons. The van der Waals surface area contributed by atoms with Crippen LogP contribution in [0.3, 0.4) is 0 Å². The Kier molecular flexibility index (Phi) is 5.90. The fraction of sp³-hybridized carbons (Fsp3) is 0.429. The summed E-state index contributed by atoms with van der Waals surface area (Å²) in [7, 11) is -3.37. The van der Waals surface area contributed by atoms with Gasteiger partial charge in [0.05, 0.1) is 4.90 Å². The Morgan fingerprint density at radius 1 is 1.33 bits per heavy atom. The predicted octanol–water partition coefficient (Wildman–Crippen LogP) is 1.32. The van der Waals surface area contributed by atoms with Crippen LogP contribution in [0.15, 0.2) is 29.2 Å². The lowest BCUT2D eigenvalue weighted by molar-refractivity contribution is -0.138. The molecule has 0 heterocycles. The van der Waals surface area contributed by atoms with Crippen LogP contribution in [-0.4, -0.2) is 38.2 Å². The van der Waals surface area contributed by atoms with Crippen LogP contribution in [0.4, 0.5) is 0 Å². The molecular formula is C14H19NO5S. The van der Waals surface area contributed by atoms with Crippen LogP contribution >= 0.6 is 0 Å². The average molecular weight is 313 g/mol. The van der Waals surface area contributed by atoms with E-state index in [1.54, 1.807) is 0 Å². The van der Waals surface area contributed by atoms with Gasteiger partial charge in [-0.3, -0.25) is 9.59 Å².